The van der Waals surface area contributed by atoms with Gasteiger partial charge in [0.2, 0.25) is 5.95 Å². The summed E-state index contributed by atoms with van der Waals surface area (Å²) in [4.78, 5) is 23.0. The molecule has 0 saturated carbocycles. The van der Waals surface area contributed by atoms with E-state index in [1.54, 1.807) is 6.92 Å². The molecule has 1 aromatic rings. The Hall–Kier alpha value is -2.12. The molecule has 1 aromatic heterocycles. The van der Waals surface area contributed by atoms with E-state index in [9.17, 15) is 9.59 Å². The molecule has 1 heterocycles. The lowest BCUT2D eigenvalue weighted by Crippen LogP contribution is -2.36. The van der Waals surface area contributed by atoms with Crippen LogP contribution in [0.3, 0.4) is 0 Å². The van der Waals surface area contributed by atoms with Crippen LogP contribution in [0.15, 0.2) is 4.79 Å². The lowest BCUT2D eigenvalue weighted by molar-refractivity contribution is -0.144. The van der Waals surface area contributed by atoms with Crippen LogP contribution in [0.2, 0.25) is 0 Å². The number of nitrogens with two attached hydrogens (primary N) is 2. The van der Waals surface area contributed by atoms with Crippen molar-refractivity contribution in [2.24, 2.45) is 0 Å². The minimum atomic E-state index is -0.824. The van der Waals surface area contributed by atoms with E-state index in [1.165, 1.54) is 6.92 Å². The highest BCUT2D eigenvalue weighted by Gasteiger charge is 2.23. The summed E-state index contributed by atoms with van der Waals surface area (Å²) >= 11 is 0. The van der Waals surface area contributed by atoms with Crippen molar-refractivity contribution in [3.63, 3.8) is 0 Å². The zero-order valence-corrected chi connectivity index (χ0v) is 9.01. The summed E-state index contributed by atoms with van der Waals surface area (Å²) in [5.74, 6) is 3.72. The third-order valence-electron chi connectivity index (χ3n) is 2.00. The summed E-state index contributed by atoms with van der Waals surface area (Å²) in [5.41, 5.74) is 4.53. The highest BCUT2D eigenvalue weighted by molar-refractivity contribution is 5.76. The number of ether oxygens (including phenoxy) is 1. The van der Waals surface area contributed by atoms with Crippen LogP contribution < -0.4 is 17.1 Å². The number of carbonyl (C=O) groups is 1. The first kappa shape index (κ1) is 12.0. The average molecular weight is 227 g/mol. The van der Waals surface area contributed by atoms with Crippen LogP contribution >= 0.6 is 0 Å². The number of nitrogen functional groups attached to an aromatic ring is 2. The van der Waals surface area contributed by atoms with Gasteiger partial charge < -0.3 is 16.3 Å². The topological polar surface area (TPSA) is 126 Å². The van der Waals surface area contributed by atoms with Crippen LogP contribution in [0.25, 0.3) is 0 Å². The number of nitrogens with zero attached hydrogens (tertiary/aromatic N) is 3. The standard InChI is InChI=1S/C8H13N5O3/c1-3-16-7(15)4(2)5-6(14)13(10)8(9)12-11-5/h4H,3,10H2,1-2H3,(H2,9,12). The smallest absolute Gasteiger partial charge is 0.315 e. The van der Waals surface area contributed by atoms with Crippen LogP contribution in [0.4, 0.5) is 5.95 Å². The average Bonchev–Trinajstić information content (AvgIpc) is 2.26. The Morgan fingerprint density at radius 3 is 2.75 bits per heavy atom. The summed E-state index contributed by atoms with van der Waals surface area (Å²) in [6, 6.07) is 0. The van der Waals surface area contributed by atoms with Crippen molar-refractivity contribution in [2.45, 2.75) is 19.8 Å². The zero-order chi connectivity index (χ0) is 12.3. The van der Waals surface area contributed by atoms with Crippen molar-refractivity contribution in [1.29, 1.82) is 0 Å². The number of esters is 1. The van der Waals surface area contributed by atoms with Crippen molar-refractivity contribution in [2.75, 3.05) is 18.2 Å². The molecule has 1 rings (SSSR count). The van der Waals surface area contributed by atoms with E-state index in [-0.39, 0.29) is 18.2 Å². The lowest BCUT2D eigenvalue weighted by atomic mass is 10.1. The van der Waals surface area contributed by atoms with Crippen molar-refractivity contribution in [1.82, 2.24) is 14.9 Å². The van der Waals surface area contributed by atoms with E-state index < -0.39 is 17.4 Å². The second-order valence-electron chi connectivity index (χ2n) is 3.09. The largest absolute Gasteiger partial charge is 0.465 e. The van der Waals surface area contributed by atoms with E-state index in [1.807, 2.05) is 0 Å². The number of carbonyl (C=O) groups excluding carboxylic acids is 1. The Labute approximate surface area is 91.2 Å². The molecule has 4 N–H and O–H groups in total. The molecule has 0 aliphatic heterocycles. The molecule has 0 bridgehead atoms. The third-order valence-corrected chi connectivity index (χ3v) is 2.00. The summed E-state index contributed by atoms with van der Waals surface area (Å²) in [7, 11) is 0. The first-order valence-electron chi connectivity index (χ1n) is 4.65. The summed E-state index contributed by atoms with van der Waals surface area (Å²) in [6.07, 6.45) is 0. The zero-order valence-electron chi connectivity index (χ0n) is 9.01. The Kier molecular flexibility index (Phi) is 3.44. The van der Waals surface area contributed by atoms with Gasteiger partial charge >= 0.3 is 5.97 Å². The molecule has 16 heavy (non-hydrogen) atoms. The molecule has 8 heteroatoms. The van der Waals surface area contributed by atoms with E-state index in [0.717, 1.165) is 0 Å². The molecular weight excluding hydrogens is 214 g/mol. The maximum Gasteiger partial charge on any atom is 0.315 e. The third kappa shape index (κ3) is 2.10. The summed E-state index contributed by atoms with van der Waals surface area (Å²) in [5, 5.41) is 7.01. The highest BCUT2D eigenvalue weighted by Crippen LogP contribution is 2.09. The second-order valence-corrected chi connectivity index (χ2v) is 3.09. The van der Waals surface area contributed by atoms with E-state index >= 15 is 0 Å². The van der Waals surface area contributed by atoms with Crippen LogP contribution in [-0.4, -0.2) is 27.4 Å². The second kappa shape index (κ2) is 4.60. The van der Waals surface area contributed by atoms with Crippen LogP contribution in [0, 0.1) is 0 Å². The van der Waals surface area contributed by atoms with E-state index in [4.69, 9.17) is 16.3 Å². The number of rotatable bonds is 3. The summed E-state index contributed by atoms with van der Waals surface area (Å²) < 4.78 is 5.39. The Bertz CT molecular complexity index is 455. The molecule has 0 aromatic carbocycles. The first-order valence-corrected chi connectivity index (χ1v) is 4.65. The molecule has 0 spiro atoms. The quantitative estimate of drug-likeness (QED) is 0.480. The van der Waals surface area contributed by atoms with Crippen LogP contribution in [-0.2, 0) is 9.53 Å². The predicted octanol–water partition coefficient (Wildman–Crippen LogP) is -1.40. The molecule has 8 nitrogen and oxygen atoms in total. The van der Waals surface area contributed by atoms with Gasteiger partial charge in [-0.25, -0.2) is 0 Å². The fraction of sp³-hybridized carbons (Fsp3) is 0.500. The summed E-state index contributed by atoms with van der Waals surface area (Å²) in [6.45, 7) is 3.38. The van der Waals surface area contributed by atoms with Crippen molar-refractivity contribution in [3.8, 4) is 0 Å². The van der Waals surface area contributed by atoms with Gasteiger partial charge in [0.25, 0.3) is 5.56 Å². The predicted molar refractivity (Wildman–Crippen MR) is 55.9 cm³/mol. The minimum Gasteiger partial charge on any atom is -0.465 e. The Morgan fingerprint density at radius 1 is 1.56 bits per heavy atom. The van der Waals surface area contributed by atoms with Gasteiger partial charge in [0.15, 0.2) is 0 Å². The number of hydrogen-bond donors (Lipinski definition) is 2. The number of aromatic nitrogens is 3. The van der Waals surface area contributed by atoms with Gasteiger partial charge in [-0.3, -0.25) is 9.59 Å². The molecular formula is C8H13N5O3. The molecule has 1 unspecified atom stereocenters. The Morgan fingerprint density at radius 2 is 2.19 bits per heavy atom. The minimum absolute atomic E-state index is 0.0878. The van der Waals surface area contributed by atoms with Crippen LogP contribution in [0.1, 0.15) is 25.5 Å². The maximum absolute atomic E-state index is 11.6. The van der Waals surface area contributed by atoms with Crippen molar-refractivity contribution < 1.29 is 9.53 Å². The normalized spacial score (nSPS) is 12.1. The SMILES string of the molecule is CCOC(=O)C(C)c1nnc(N)n(N)c1=O. The van der Waals surface area contributed by atoms with Crippen LogP contribution in [0.5, 0.6) is 0 Å². The van der Waals surface area contributed by atoms with Gasteiger partial charge in [-0.2, -0.15) is 4.68 Å². The monoisotopic (exact) mass is 227 g/mol. The number of hydrogen-bond acceptors (Lipinski definition) is 7. The Balaban J connectivity index is 3.10. The maximum atomic E-state index is 11.6. The molecule has 1 atom stereocenters. The van der Waals surface area contributed by atoms with Gasteiger partial charge in [-0.1, -0.05) is 0 Å². The van der Waals surface area contributed by atoms with Gasteiger partial charge in [0.05, 0.1) is 6.61 Å². The van der Waals surface area contributed by atoms with E-state index in [2.05, 4.69) is 10.2 Å². The van der Waals surface area contributed by atoms with Gasteiger partial charge in [-0.05, 0) is 13.8 Å². The fourth-order valence-corrected chi connectivity index (χ4v) is 1.07. The van der Waals surface area contributed by atoms with Crippen molar-refractivity contribution in [3.05, 3.63) is 16.0 Å². The van der Waals surface area contributed by atoms with Gasteiger partial charge in [0.1, 0.15) is 11.6 Å². The molecule has 0 aliphatic rings. The molecule has 0 amide bonds. The van der Waals surface area contributed by atoms with Gasteiger partial charge in [-0.15, -0.1) is 10.2 Å². The molecule has 0 fully saturated rings. The fourth-order valence-electron chi connectivity index (χ4n) is 1.07. The van der Waals surface area contributed by atoms with Crippen molar-refractivity contribution >= 4 is 11.9 Å². The molecule has 88 valence electrons. The number of anilines is 1. The first-order chi connectivity index (χ1) is 7.49. The lowest BCUT2D eigenvalue weighted by Gasteiger charge is -2.09. The van der Waals surface area contributed by atoms with Gasteiger partial charge in [0, 0.05) is 0 Å². The van der Waals surface area contributed by atoms with E-state index in [0.29, 0.717) is 4.68 Å². The molecule has 0 saturated heterocycles. The molecule has 0 radical (unpaired) electrons. The highest BCUT2D eigenvalue weighted by atomic mass is 16.5. The molecule has 0 aliphatic carbocycles.